The summed E-state index contributed by atoms with van der Waals surface area (Å²) >= 11 is 0. The molecule has 1 heterocycles. The summed E-state index contributed by atoms with van der Waals surface area (Å²) in [7, 11) is 0. The minimum atomic E-state index is -1.10. The molecule has 1 unspecified atom stereocenters. The van der Waals surface area contributed by atoms with Crippen molar-refractivity contribution in [3.05, 3.63) is 0 Å². The van der Waals surface area contributed by atoms with Crippen molar-refractivity contribution in [2.24, 2.45) is 5.92 Å². The monoisotopic (exact) mass is 298 g/mol. The topological polar surface area (TPSA) is 87.7 Å². The maximum atomic E-state index is 12.0. The summed E-state index contributed by atoms with van der Waals surface area (Å²) in [6.07, 6.45) is 5.83. The van der Waals surface area contributed by atoms with E-state index in [1.165, 1.54) is 0 Å². The van der Waals surface area contributed by atoms with Gasteiger partial charge in [0.05, 0.1) is 6.10 Å². The summed E-state index contributed by atoms with van der Waals surface area (Å²) < 4.78 is 5.44. The second-order valence-electron chi connectivity index (χ2n) is 6.21. The van der Waals surface area contributed by atoms with Crippen LogP contribution in [0.15, 0.2) is 0 Å². The molecule has 6 heteroatoms. The average molecular weight is 298 g/mol. The van der Waals surface area contributed by atoms with Crippen LogP contribution >= 0.6 is 0 Å². The quantitative estimate of drug-likeness (QED) is 0.723. The highest BCUT2D eigenvalue weighted by atomic mass is 16.5. The van der Waals surface area contributed by atoms with E-state index in [9.17, 15) is 14.7 Å². The fourth-order valence-corrected chi connectivity index (χ4v) is 3.24. The Labute approximate surface area is 125 Å². The molecule has 0 aromatic carbocycles. The highest BCUT2D eigenvalue weighted by Crippen LogP contribution is 2.34. The molecule has 2 aliphatic rings. The van der Waals surface area contributed by atoms with Crippen molar-refractivity contribution in [1.29, 1.82) is 0 Å². The van der Waals surface area contributed by atoms with Crippen molar-refractivity contribution in [2.45, 2.75) is 63.5 Å². The highest BCUT2D eigenvalue weighted by Gasteiger charge is 2.43. The zero-order valence-electron chi connectivity index (χ0n) is 12.7. The molecule has 0 spiro atoms. The molecule has 1 saturated heterocycles. The summed E-state index contributed by atoms with van der Waals surface area (Å²) in [5.74, 6) is -0.349. The zero-order chi connectivity index (χ0) is 15.3. The Kier molecular flexibility index (Phi) is 5.45. The minimum Gasteiger partial charge on any atom is -0.480 e. The van der Waals surface area contributed by atoms with Gasteiger partial charge in [0.15, 0.2) is 0 Å². The Morgan fingerprint density at radius 3 is 2.52 bits per heavy atom. The molecule has 21 heavy (non-hydrogen) atoms. The van der Waals surface area contributed by atoms with Gasteiger partial charge >= 0.3 is 12.0 Å². The first-order chi connectivity index (χ1) is 10.1. The van der Waals surface area contributed by atoms with Crippen molar-refractivity contribution < 1.29 is 19.4 Å². The fraction of sp³-hybridized carbons (Fsp3) is 0.867. The van der Waals surface area contributed by atoms with Crippen LogP contribution in [0.25, 0.3) is 0 Å². The molecular formula is C15H26N2O4. The van der Waals surface area contributed by atoms with Crippen LogP contribution in [-0.2, 0) is 9.53 Å². The third-order valence-electron chi connectivity index (χ3n) is 4.81. The second kappa shape index (κ2) is 7.11. The Hall–Kier alpha value is -1.30. The van der Waals surface area contributed by atoms with Crippen molar-refractivity contribution in [3.8, 4) is 0 Å². The van der Waals surface area contributed by atoms with E-state index in [1.807, 2.05) is 0 Å². The Balaban J connectivity index is 1.84. The molecule has 1 aliphatic heterocycles. The van der Waals surface area contributed by atoms with Gasteiger partial charge < -0.3 is 20.5 Å². The highest BCUT2D eigenvalue weighted by molar-refractivity contribution is 5.86. The Morgan fingerprint density at radius 1 is 1.29 bits per heavy atom. The largest absolute Gasteiger partial charge is 0.480 e. The van der Waals surface area contributed by atoms with Gasteiger partial charge in [0.2, 0.25) is 0 Å². The zero-order valence-corrected chi connectivity index (χ0v) is 12.7. The molecule has 1 saturated carbocycles. The molecule has 3 N–H and O–H groups in total. The smallest absolute Gasteiger partial charge is 0.329 e. The van der Waals surface area contributed by atoms with Crippen LogP contribution in [0.5, 0.6) is 0 Å². The fourth-order valence-electron chi connectivity index (χ4n) is 3.24. The lowest BCUT2D eigenvalue weighted by Gasteiger charge is -2.37. The van der Waals surface area contributed by atoms with E-state index in [-0.39, 0.29) is 6.10 Å². The molecule has 1 atom stereocenters. The van der Waals surface area contributed by atoms with E-state index < -0.39 is 17.5 Å². The van der Waals surface area contributed by atoms with Crippen molar-refractivity contribution >= 4 is 12.0 Å². The van der Waals surface area contributed by atoms with Crippen LogP contribution in [0, 0.1) is 5.92 Å². The summed E-state index contributed by atoms with van der Waals surface area (Å²) in [6.45, 7) is 3.31. The molecular weight excluding hydrogens is 272 g/mol. The third-order valence-corrected chi connectivity index (χ3v) is 4.81. The first-order valence-electron chi connectivity index (χ1n) is 7.97. The molecule has 0 aromatic rings. The third kappa shape index (κ3) is 4.09. The number of aliphatic carboxylic acids is 1. The minimum absolute atomic E-state index is 0.0624. The number of hydrogen-bond donors (Lipinski definition) is 3. The van der Waals surface area contributed by atoms with Gasteiger partial charge in [0, 0.05) is 13.2 Å². The molecule has 2 rings (SSSR count). The van der Waals surface area contributed by atoms with Crippen molar-refractivity contribution in [3.63, 3.8) is 0 Å². The van der Waals surface area contributed by atoms with Gasteiger partial charge in [0.25, 0.3) is 0 Å². The lowest BCUT2D eigenvalue weighted by Crippen LogP contribution is -2.59. The predicted molar refractivity (Wildman–Crippen MR) is 78.1 cm³/mol. The van der Waals surface area contributed by atoms with Gasteiger partial charge in [-0.2, -0.15) is 0 Å². The molecule has 6 nitrogen and oxygen atoms in total. The number of carbonyl (C=O) groups is 2. The second-order valence-corrected chi connectivity index (χ2v) is 6.21. The van der Waals surface area contributed by atoms with Crippen LogP contribution < -0.4 is 10.6 Å². The number of carbonyl (C=O) groups excluding carboxylic acids is 1. The number of amides is 2. The van der Waals surface area contributed by atoms with Gasteiger partial charge in [-0.15, -0.1) is 0 Å². The summed E-state index contributed by atoms with van der Waals surface area (Å²) in [5, 5.41) is 14.9. The maximum Gasteiger partial charge on any atom is 0.329 e. The normalized spacial score (nSPS) is 32.6. The first kappa shape index (κ1) is 16.1. The number of hydrogen-bond acceptors (Lipinski definition) is 3. The Morgan fingerprint density at radius 2 is 2.00 bits per heavy atom. The van der Waals surface area contributed by atoms with Crippen LogP contribution in [0.4, 0.5) is 4.79 Å². The first-order valence-corrected chi connectivity index (χ1v) is 7.97. The number of urea groups is 1. The van der Waals surface area contributed by atoms with E-state index in [0.717, 1.165) is 38.7 Å². The maximum absolute atomic E-state index is 12.0. The lowest BCUT2D eigenvalue weighted by atomic mass is 9.75. The van der Waals surface area contributed by atoms with E-state index in [1.54, 1.807) is 0 Å². The number of carboxylic acid groups (broad SMARTS) is 1. The summed E-state index contributed by atoms with van der Waals surface area (Å²) in [5.41, 5.74) is -1.10. The summed E-state index contributed by atoms with van der Waals surface area (Å²) in [6, 6.07) is -0.400. The van der Waals surface area contributed by atoms with Gasteiger partial charge in [0.1, 0.15) is 5.54 Å². The van der Waals surface area contributed by atoms with Gasteiger partial charge in [-0.25, -0.2) is 9.59 Å². The van der Waals surface area contributed by atoms with E-state index in [2.05, 4.69) is 17.6 Å². The molecule has 120 valence electrons. The molecule has 2 amide bonds. The Bertz CT molecular complexity index is 372. The van der Waals surface area contributed by atoms with Crippen LogP contribution in [0.2, 0.25) is 0 Å². The summed E-state index contributed by atoms with van der Waals surface area (Å²) in [4.78, 5) is 23.6. The molecule has 0 aromatic heterocycles. The number of ether oxygens (including phenoxy) is 1. The van der Waals surface area contributed by atoms with Gasteiger partial charge in [-0.3, -0.25) is 0 Å². The van der Waals surface area contributed by atoms with Gasteiger partial charge in [-0.1, -0.05) is 13.3 Å². The van der Waals surface area contributed by atoms with Crippen molar-refractivity contribution in [2.75, 3.05) is 13.2 Å². The predicted octanol–water partition coefficient (Wildman–Crippen LogP) is 1.89. The van der Waals surface area contributed by atoms with Crippen molar-refractivity contribution in [1.82, 2.24) is 10.6 Å². The molecule has 1 aliphatic carbocycles. The number of rotatable bonds is 5. The van der Waals surface area contributed by atoms with Gasteiger partial charge in [-0.05, 0) is 44.4 Å². The SMILES string of the molecule is CCC1CCC(NC(=O)NCC2CCCO2)(C(=O)O)CC1. The van der Waals surface area contributed by atoms with Crippen LogP contribution in [-0.4, -0.2) is 41.9 Å². The number of carboxylic acids is 1. The van der Waals surface area contributed by atoms with Crippen LogP contribution in [0.3, 0.4) is 0 Å². The molecule has 0 radical (unpaired) electrons. The van der Waals surface area contributed by atoms with E-state index >= 15 is 0 Å². The van der Waals surface area contributed by atoms with Crippen LogP contribution in [0.1, 0.15) is 51.9 Å². The molecule has 2 fully saturated rings. The molecule has 0 bridgehead atoms. The average Bonchev–Trinajstić information content (AvgIpc) is 2.99. The standard InChI is InChI=1S/C15H26N2O4/c1-2-11-5-7-15(8-6-11,13(18)19)17-14(20)16-10-12-4-3-9-21-12/h11-12H,2-10H2,1H3,(H,18,19)(H2,16,17,20). The van der Waals surface area contributed by atoms with E-state index in [4.69, 9.17) is 4.74 Å². The number of nitrogens with one attached hydrogen (secondary N) is 2. The lowest BCUT2D eigenvalue weighted by molar-refractivity contribution is -0.146. The van der Waals surface area contributed by atoms with E-state index in [0.29, 0.717) is 25.3 Å².